The second-order valence-corrected chi connectivity index (χ2v) is 7.36. The zero-order valence-electron chi connectivity index (χ0n) is 15.3. The van der Waals surface area contributed by atoms with Gasteiger partial charge in [0.05, 0.1) is 11.3 Å². The predicted octanol–water partition coefficient (Wildman–Crippen LogP) is 3.53. The van der Waals surface area contributed by atoms with E-state index in [-0.39, 0.29) is 36.6 Å². The van der Waals surface area contributed by atoms with Crippen molar-refractivity contribution in [1.29, 1.82) is 0 Å². The lowest BCUT2D eigenvalue weighted by molar-refractivity contribution is -0.124. The molecule has 1 N–H and O–H groups in total. The lowest BCUT2D eigenvalue weighted by Crippen LogP contribution is -2.37. The summed E-state index contributed by atoms with van der Waals surface area (Å²) in [7, 11) is 0. The highest BCUT2D eigenvalue weighted by Crippen LogP contribution is 2.31. The maximum Gasteiger partial charge on any atom is 0.293 e. The summed E-state index contributed by atoms with van der Waals surface area (Å²) in [5.74, 6) is -1.18. The van der Waals surface area contributed by atoms with Gasteiger partial charge in [-0.2, -0.15) is 0 Å². The van der Waals surface area contributed by atoms with Crippen molar-refractivity contribution in [3.05, 3.63) is 75.9 Å². The largest absolute Gasteiger partial charge is 0.354 e. The Morgan fingerprint density at radius 3 is 2.57 bits per heavy atom. The van der Waals surface area contributed by atoms with Crippen LogP contribution >= 0.6 is 11.8 Å². The maximum absolute atomic E-state index is 13.6. The van der Waals surface area contributed by atoms with Crippen molar-refractivity contribution in [2.24, 2.45) is 0 Å². The Balaban J connectivity index is 1.54. The minimum Gasteiger partial charge on any atom is -0.354 e. The van der Waals surface area contributed by atoms with Crippen LogP contribution in [0.1, 0.15) is 16.7 Å². The molecular formula is C21H19FN2O3S. The predicted molar refractivity (Wildman–Crippen MR) is 107 cm³/mol. The summed E-state index contributed by atoms with van der Waals surface area (Å²) in [5.41, 5.74) is 2.25. The number of nitrogens with zero attached hydrogens (tertiary/aromatic N) is 1. The van der Waals surface area contributed by atoms with Crippen molar-refractivity contribution >= 4 is 34.9 Å². The first-order valence-electron chi connectivity index (χ1n) is 8.76. The number of carbonyl (C=O) groups is 3. The summed E-state index contributed by atoms with van der Waals surface area (Å²) < 4.78 is 13.6. The first kappa shape index (κ1) is 19.8. The monoisotopic (exact) mass is 398 g/mol. The zero-order chi connectivity index (χ0) is 20.1. The van der Waals surface area contributed by atoms with Crippen LogP contribution in [0.2, 0.25) is 0 Å². The Hall–Kier alpha value is -2.93. The molecule has 1 saturated heterocycles. The molecule has 0 atom stereocenters. The molecular weight excluding hydrogens is 379 g/mol. The lowest BCUT2D eigenvalue weighted by atomic mass is 10.1. The van der Waals surface area contributed by atoms with Crippen LogP contribution < -0.4 is 5.32 Å². The zero-order valence-corrected chi connectivity index (χ0v) is 16.1. The van der Waals surface area contributed by atoms with Crippen LogP contribution in [0.25, 0.3) is 6.08 Å². The highest BCUT2D eigenvalue weighted by atomic mass is 32.2. The van der Waals surface area contributed by atoms with Crippen LogP contribution in [0.15, 0.2) is 53.4 Å². The third kappa shape index (κ3) is 4.86. The molecule has 0 bridgehead atoms. The van der Waals surface area contributed by atoms with Crippen LogP contribution in [0.4, 0.5) is 9.18 Å². The van der Waals surface area contributed by atoms with E-state index in [1.165, 1.54) is 6.07 Å². The molecule has 0 spiro atoms. The number of amides is 3. The van der Waals surface area contributed by atoms with Crippen LogP contribution in [0.3, 0.4) is 0 Å². The number of thioether (sulfide) groups is 1. The van der Waals surface area contributed by atoms with E-state index in [9.17, 15) is 18.8 Å². The quantitative estimate of drug-likeness (QED) is 0.756. The fraction of sp³-hybridized carbons (Fsp3) is 0.190. The topological polar surface area (TPSA) is 66.5 Å². The van der Waals surface area contributed by atoms with E-state index in [4.69, 9.17) is 0 Å². The molecule has 1 aliphatic heterocycles. The van der Waals surface area contributed by atoms with Crippen LogP contribution in [-0.2, 0) is 16.0 Å². The molecule has 0 saturated carbocycles. The Kier molecular flexibility index (Phi) is 6.26. The van der Waals surface area contributed by atoms with Gasteiger partial charge >= 0.3 is 0 Å². The molecule has 1 aliphatic rings. The molecule has 0 radical (unpaired) electrons. The van der Waals surface area contributed by atoms with Crippen molar-refractivity contribution in [3.63, 3.8) is 0 Å². The summed E-state index contributed by atoms with van der Waals surface area (Å²) in [4.78, 5) is 38.0. The number of carbonyl (C=O) groups excluding carboxylic acids is 3. The van der Waals surface area contributed by atoms with Gasteiger partial charge in [0.15, 0.2) is 0 Å². The number of hydrogen-bond acceptors (Lipinski definition) is 4. The second kappa shape index (κ2) is 8.84. The Bertz CT molecular complexity index is 941. The number of hydrogen-bond donors (Lipinski definition) is 1. The molecule has 7 heteroatoms. The minimum absolute atomic E-state index is 0.0684. The molecule has 3 amide bonds. The Morgan fingerprint density at radius 1 is 1.14 bits per heavy atom. The average molecular weight is 398 g/mol. The Labute approximate surface area is 166 Å². The van der Waals surface area contributed by atoms with Gasteiger partial charge in [0, 0.05) is 13.1 Å². The highest BCUT2D eigenvalue weighted by molar-refractivity contribution is 8.18. The summed E-state index contributed by atoms with van der Waals surface area (Å²) in [5, 5.41) is 2.25. The van der Waals surface area contributed by atoms with Crippen molar-refractivity contribution in [2.45, 2.75) is 13.3 Å². The number of rotatable bonds is 6. The van der Waals surface area contributed by atoms with Crippen LogP contribution in [-0.4, -0.2) is 35.0 Å². The van der Waals surface area contributed by atoms with Gasteiger partial charge in [-0.3, -0.25) is 19.3 Å². The van der Waals surface area contributed by atoms with Gasteiger partial charge in [0.2, 0.25) is 5.91 Å². The van der Waals surface area contributed by atoms with Crippen molar-refractivity contribution in [2.75, 3.05) is 13.1 Å². The van der Waals surface area contributed by atoms with Gasteiger partial charge in [0.1, 0.15) is 5.82 Å². The van der Waals surface area contributed by atoms with Gasteiger partial charge in [-0.25, -0.2) is 4.39 Å². The van der Waals surface area contributed by atoms with E-state index in [0.717, 1.165) is 27.8 Å². The van der Waals surface area contributed by atoms with Gasteiger partial charge in [-0.1, -0.05) is 48.0 Å². The van der Waals surface area contributed by atoms with Gasteiger partial charge < -0.3 is 5.32 Å². The highest BCUT2D eigenvalue weighted by Gasteiger charge is 2.34. The molecule has 2 aromatic rings. The smallest absolute Gasteiger partial charge is 0.293 e. The summed E-state index contributed by atoms with van der Waals surface area (Å²) >= 11 is 0.880. The van der Waals surface area contributed by atoms with E-state index in [0.29, 0.717) is 10.5 Å². The number of nitrogens with one attached hydrogen (secondary N) is 1. The van der Waals surface area contributed by atoms with Crippen LogP contribution in [0.5, 0.6) is 0 Å². The first-order chi connectivity index (χ1) is 13.4. The van der Waals surface area contributed by atoms with Crippen molar-refractivity contribution in [1.82, 2.24) is 10.2 Å². The second-order valence-electron chi connectivity index (χ2n) is 6.36. The lowest BCUT2D eigenvalue weighted by Gasteiger charge is -2.13. The van der Waals surface area contributed by atoms with E-state index < -0.39 is 5.82 Å². The third-order valence-corrected chi connectivity index (χ3v) is 5.12. The van der Waals surface area contributed by atoms with Gasteiger partial charge in [-0.05, 0) is 42.0 Å². The molecule has 1 fully saturated rings. The Morgan fingerprint density at radius 2 is 1.86 bits per heavy atom. The maximum atomic E-state index is 13.6. The van der Waals surface area contributed by atoms with Gasteiger partial charge in [-0.15, -0.1) is 0 Å². The average Bonchev–Trinajstić information content (AvgIpc) is 2.93. The molecule has 0 aromatic heterocycles. The summed E-state index contributed by atoms with van der Waals surface area (Å²) in [6, 6.07) is 13.7. The van der Waals surface area contributed by atoms with E-state index in [2.05, 4.69) is 5.32 Å². The van der Waals surface area contributed by atoms with E-state index in [1.807, 2.05) is 31.2 Å². The summed E-state index contributed by atoms with van der Waals surface area (Å²) in [6.45, 7) is 2.15. The number of halogens is 1. The molecule has 3 rings (SSSR count). The molecule has 0 aliphatic carbocycles. The minimum atomic E-state index is -0.440. The van der Waals surface area contributed by atoms with Crippen molar-refractivity contribution in [3.8, 4) is 0 Å². The number of imide groups is 1. The van der Waals surface area contributed by atoms with Gasteiger partial charge in [0.25, 0.3) is 11.1 Å². The molecule has 144 valence electrons. The molecule has 2 aromatic carbocycles. The van der Waals surface area contributed by atoms with Crippen LogP contribution in [0, 0.1) is 12.7 Å². The molecule has 28 heavy (non-hydrogen) atoms. The summed E-state index contributed by atoms with van der Waals surface area (Å²) in [6.07, 6.45) is 1.59. The van der Waals surface area contributed by atoms with Crippen molar-refractivity contribution < 1.29 is 18.8 Å². The molecule has 1 heterocycles. The first-order valence-corrected chi connectivity index (χ1v) is 9.58. The van der Waals surface area contributed by atoms with E-state index >= 15 is 0 Å². The molecule has 0 unspecified atom stereocenters. The molecule has 5 nitrogen and oxygen atoms in total. The number of benzene rings is 2. The fourth-order valence-electron chi connectivity index (χ4n) is 2.69. The normalized spacial score (nSPS) is 15.4. The SMILES string of the molecule is Cc1ccc(/C=C2\SC(=O)N(CCNC(=O)Cc3ccccc3F)C2=O)cc1. The standard InChI is InChI=1S/C21H19FN2O3S/c1-14-6-8-15(9-7-14)12-18-20(26)24(21(27)28-18)11-10-23-19(25)13-16-4-2-3-5-17(16)22/h2-9,12H,10-11,13H2,1H3,(H,23,25)/b18-12-. The number of aryl methyl sites for hydroxylation is 1. The third-order valence-electron chi connectivity index (χ3n) is 4.22. The van der Waals surface area contributed by atoms with E-state index in [1.54, 1.807) is 24.3 Å². The fourth-order valence-corrected chi connectivity index (χ4v) is 3.56.